The number of carboxylic acid groups (broad SMARTS) is 1. The summed E-state index contributed by atoms with van der Waals surface area (Å²) in [5, 5.41) is 202. The van der Waals surface area contributed by atoms with Crippen LogP contribution in [0.25, 0.3) is 0 Å². The molecule has 0 aromatic heterocycles. The molecule has 0 aromatic rings. The van der Waals surface area contributed by atoms with E-state index in [1.165, 1.54) is 6.92 Å². The van der Waals surface area contributed by atoms with Crippen molar-refractivity contribution in [3.63, 3.8) is 0 Å². The lowest BCUT2D eigenvalue weighted by molar-refractivity contribution is -0.400. The van der Waals surface area contributed by atoms with Gasteiger partial charge in [-0.3, -0.25) is 14.4 Å². The SMILES string of the molecule is CC(=O)N[C@@H]1[C@@H](O[C@@H]2O[C@H](CO)[C@H](O)[C@H](O[C@H]3O[C@H](CO)[C@H](O)[C@H](O[C@H]4O[C@H](CO)[C@H](O)[C@H](O)[C@H]4O)[C@H]3NC(C)=O)[C@H]2O[C@@H]2O[C@@H](C)[C@@H](O)[C@@H](O)[C@H]2O)[C@@H](O)[C@@H](CO[C@]2(C(=O)O)C[C@H](O)[C@@H](NC(C)=O)[C@H]([C@H](O)[C@H](O)CO)O2)O[C@@H]1O. The highest BCUT2D eigenvalue weighted by Gasteiger charge is 2.60. The van der Waals surface area contributed by atoms with E-state index in [2.05, 4.69) is 16.0 Å². The van der Waals surface area contributed by atoms with Crippen molar-refractivity contribution in [3.05, 3.63) is 0 Å². The highest BCUT2D eigenvalue weighted by atomic mass is 16.8. The van der Waals surface area contributed by atoms with Gasteiger partial charge in [0.1, 0.15) is 134 Å². The molecule has 31 atom stereocenters. The maximum Gasteiger partial charge on any atom is 0.364 e. The second-order valence-corrected chi connectivity index (χ2v) is 20.4. The van der Waals surface area contributed by atoms with Crippen LogP contribution in [0.15, 0.2) is 0 Å². The van der Waals surface area contributed by atoms with Gasteiger partial charge in [0, 0.05) is 27.2 Å². The lowest BCUT2D eigenvalue weighted by Gasteiger charge is -2.52. The molecule has 6 aliphatic rings. The summed E-state index contributed by atoms with van der Waals surface area (Å²) in [4.78, 5) is 50.7. The molecule has 0 aromatic carbocycles. The van der Waals surface area contributed by atoms with Crippen molar-refractivity contribution in [2.45, 2.75) is 224 Å². The van der Waals surface area contributed by atoms with Crippen LogP contribution in [0.5, 0.6) is 0 Å². The Hall–Kier alpha value is -3.24. The highest BCUT2D eigenvalue weighted by Crippen LogP contribution is 2.39. The zero-order valence-electron chi connectivity index (χ0n) is 43.7. The van der Waals surface area contributed by atoms with Crippen LogP contribution in [0, 0.1) is 0 Å². The Morgan fingerprint density at radius 1 is 0.519 bits per heavy atom. The van der Waals surface area contributed by atoms with E-state index in [0.717, 1.165) is 20.8 Å². The average Bonchev–Trinajstić information content (AvgIpc) is 3.41. The first-order valence-corrected chi connectivity index (χ1v) is 25.6. The van der Waals surface area contributed by atoms with Crippen LogP contribution in [0.4, 0.5) is 0 Å². The van der Waals surface area contributed by atoms with Crippen LogP contribution in [0.2, 0.25) is 0 Å². The molecule has 0 spiro atoms. The van der Waals surface area contributed by atoms with Gasteiger partial charge in [0.15, 0.2) is 31.5 Å². The number of hydrogen-bond acceptors (Lipinski definition) is 32. The minimum Gasteiger partial charge on any atom is -0.477 e. The summed E-state index contributed by atoms with van der Waals surface area (Å²) >= 11 is 0. The van der Waals surface area contributed by atoms with Gasteiger partial charge in [-0.25, -0.2) is 4.79 Å². The third kappa shape index (κ3) is 14.7. The van der Waals surface area contributed by atoms with E-state index in [9.17, 15) is 111 Å². The Morgan fingerprint density at radius 3 is 1.52 bits per heavy atom. The van der Waals surface area contributed by atoms with Crippen molar-refractivity contribution in [3.8, 4) is 0 Å². The number of carbonyl (C=O) groups is 4. The first kappa shape index (κ1) is 66.9. The summed E-state index contributed by atoms with van der Waals surface area (Å²) in [5.74, 6) is -7.69. The molecular weight excluding hydrogens is 1110 g/mol. The molecule has 0 saturated carbocycles. The standard InChI is InChI=1S/C45H75N3O33/c1-11-24(58)30(64)32(66)41(72-11)80-38-37(79-40-23(48-14(4)55)35(27(61)18(8-51)74-40)77-42-33(67)31(65)26(60)17(7-50)75-42)28(62)19(9-52)76-43(38)78-34-22(47-13(3)54)39(68)73-20(29(34)63)10-71-45(44(69)70)5-15(56)21(46-12(2)53)36(81-45)25(59)16(57)6-49/h11,15-43,49-52,56-68H,5-10H2,1-4H3,(H,46,53)(H,47,54)(H,48,55)(H,69,70)/t11-,15-,16+,17+,18+,19+,20+,21+,22+,23+,24+,25+,26-,27-,28-,29-,30+,31-,32+,33+,34+,35+,36+,37-,38+,39-,40+,41-,42+,43-,45+/m0/s1. The molecule has 0 radical (unpaired) electrons. The molecule has 0 aliphatic carbocycles. The van der Waals surface area contributed by atoms with Crippen molar-refractivity contribution in [2.24, 2.45) is 0 Å². The van der Waals surface area contributed by atoms with Crippen LogP contribution in [-0.2, 0) is 71.3 Å². The predicted molar refractivity (Wildman–Crippen MR) is 250 cm³/mol. The molecule has 0 unspecified atom stereocenters. The maximum atomic E-state index is 13.0. The summed E-state index contributed by atoms with van der Waals surface area (Å²) < 4.78 is 64.4. The summed E-state index contributed by atoms with van der Waals surface area (Å²) in [5.41, 5.74) is 0. The quantitative estimate of drug-likeness (QED) is 0.0507. The molecule has 3 amide bonds. The van der Waals surface area contributed by atoms with Gasteiger partial charge in [0.2, 0.25) is 17.7 Å². The third-order valence-electron chi connectivity index (χ3n) is 14.6. The van der Waals surface area contributed by atoms with Gasteiger partial charge in [0.25, 0.3) is 5.79 Å². The lowest BCUT2D eigenvalue weighted by atomic mass is 9.88. The second kappa shape index (κ2) is 28.3. The van der Waals surface area contributed by atoms with Crippen LogP contribution in [0.3, 0.4) is 0 Å². The van der Waals surface area contributed by atoms with Gasteiger partial charge in [-0.05, 0) is 6.92 Å². The van der Waals surface area contributed by atoms with E-state index >= 15 is 0 Å². The molecule has 36 nitrogen and oxygen atoms in total. The van der Waals surface area contributed by atoms with E-state index in [0.29, 0.717) is 0 Å². The fraction of sp³-hybridized carbons (Fsp3) is 0.911. The number of aliphatic hydroxyl groups excluding tert-OH is 17. The van der Waals surface area contributed by atoms with Crippen molar-refractivity contribution < 1.29 is 163 Å². The third-order valence-corrected chi connectivity index (χ3v) is 14.6. The Morgan fingerprint density at radius 2 is 0.963 bits per heavy atom. The van der Waals surface area contributed by atoms with Crippen LogP contribution in [0.1, 0.15) is 34.1 Å². The largest absolute Gasteiger partial charge is 0.477 e. The number of nitrogens with one attached hydrogen (secondary N) is 3. The molecule has 6 saturated heterocycles. The Balaban J connectivity index is 1.39. The smallest absolute Gasteiger partial charge is 0.364 e. The number of carboxylic acids is 1. The zero-order chi connectivity index (χ0) is 60.3. The Labute approximate surface area is 459 Å². The summed E-state index contributed by atoms with van der Waals surface area (Å²) in [6.45, 7) is -1.29. The monoisotopic (exact) mass is 1190 g/mol. The second-order valence-electron chi connectivity index (χ2n) is 20.4. The number of aliphatic hydroxyl groups is 17. The number of carbonyl (C=O) groups excluding carboxylic acids is 3. The van der Waals surface area contributed by atoms with E-state index in [1.807, 2.05) is 0 Å². The molecule has 468 valence electrons. The van der Waals surface area contributed by atoms with Gasteiger partial charge in [-0.1, -0.05) is 0 Å². The molecule has 21 N–H and O–H groups in total. The summed E-state index contributed by atoms with van der Waals surface area (Å²) in [6.07, 6.45) is -55.6. The number of aliphatic carboxylic acids is 1. The minimum absolute atomic E-state index is 0.810. The molecular formula is C45H75N3O33. The van der Waals surface area contributed by atoms with Crippen LogP contribution >= 0.6 is 0 Å². The Bertz CT molecular complexity index is 2070. The maximum absolute atomic E-state index is 13.0. The lowest BCUT2D eigenvalue weighted by Crippen LogP contribution is -2.71. The van der Waals surface area contributed by atoms with Crippen LogP contribution in [-0.4, -0.2) is 338 Å². The molecule has 36 heteroatoms. The van der Waals surface area contributed by atoms with Gasteiger partial charge < -0.3 is 160 Å². The van der Waals surface area contributed by atoms with Gasteiger partial charge >= 0.3 is 5.97 Å². The van der Waals surface area contributed by atoms with Crippen molar-refractivity contribution in [2.75, 3.05) is 33.0 Å². The minimum atomic E-state index is -3.05. The van der Waals surface area contributed by atoms with Crippen molar-refractivity contribution in [1.82, 2.24) is 16.0 Å². The molecule has 6 heterocycles. The zero-order valence-corrected chi connectivity index (χ0v) is 43.7. The molecule has 6 rings (SSSR count). The topological polar surface area (TPSA) is 570 Å². The van der Waals surface area contributed by atoms with Crippen molar-refractivity contribution >= 4 is 23.7 Å². The molecule has 81 heavy (non-hydrogen) atoms. The first-order chi connectivity index (χ1) is 38.0. The fourth-order valence-corrected chi connectivity index (χ4v) is 10.2. The van der Waals surface area contributed by atoms with E-state index < -0.39 is 253 Å². The number of rotatable bonds is 21. The molecule has 6 fully saturated rings. The highest BCUT2D eigenvalue weighted by molar-refractivity contribution is 5.77. The fourth-order valence-electron chi connectivity index (χ4n) is 10.2. The number of ether oxygens (including phenoxy) is 11. The summed E-state index contributed by atoms with van der Waals surface area (Å²) in [7, 11) is 0. The first-order valence-electron chi connectivity index (χ1n) is 25.6. The predicted octanol–water partition coefficient (Wildman–Crippen LogP) is -13.4. The van der Waals surface area contributed by atoms with Crippen LogP contribution < -0.4 is 16.0 Å². The summed E-state index contributed by atoms with van der Waals surface area (Å²) in [6, 6.07) is -5.39. The van der Waals surface area contributed by atoms with Gasteiger partial charge in [-0.15, -0.1) is 0 Å². The number of hydrogen-bond donors (Lipinski definition) is 21. The Kier molecular flexibility index (Phi) is 23.4. The molecule has 6 aliphatic heterocycles. The normalized spacial score (nSPS) is 46.7. The van der Waals surface area contributed by atoms with E-state index in [1.54, 1.807) is 0 Å². The number of amides is 3. The van der Waals surface area contributed by atoms with E-state index in [4.69, 9.17) is 52.1 Å². The molecule has 0 bridgehead atoms. The van der Waals surface area contributed by atoms with Gasteiger partial charge in [-0.2, -0.15) is 0 Å². The average molecular weight is 1190 g/mol. The van der Waals surface area contributed by atoms with E-state index in [-0.39, 0.29) is 0 Å². The van der Waals surface area contributed by atoms with Gasteiger partial charge in [0.05, 0.1) is 51.3 Å². The van der Waals surface area contributed by atoms with Crippen molar-refractivity contribution in [1.29, 1.82) is 0 Å².